The first-order chi connectivity index (χ1) is 44.1. The maximum atomic E-state index is 13.0. The number of carbonyl (C=O) groups is 3. The van der Waals surface area contributed by atoms with E-state index < -0.39 is 18.4 Å². The fraction of sp³-hybridized carbons (Fsp3) is 0.963. The Morgan fingerprint density at radius 1 is 0.289 bits per heavy atom. The summed E-state index contributed by atoms with van der Waals surface area (Å²) >= 11 is 0. The first-order valence-corrected chi connectivity index (χ1v) is 40.7. The minimum atomic E-state index is -1.51. The van der Waals surface area contributed by atoms with Crippen LogP contribution in [0.4, 0.5) is 0 Å². The molecular formula is C81H160NO8+. The van der Waals surface area contributed by atoms with Gasteiger partial charge in [0, 0.05) is 12.8 Å². The van der Waals surface area contributed by atoms with E-state index in [1.807, 2.05) is 21.1 Å². The van der Waals surface area contributed by atoms with Crippen LogP contribution in [-0.4, -0.2) is 87.4 Å². The van der Waals surface area contributed by atoms with E-state index in [0.29, 0.717) is 17.4 Å². The number of carbonyl (C=O) groups excluding carboxylic acids is 2. The molecule has 9 nitrogen and oxygen atoms in total. The summed E-state index contributed by atoms with van der Waals surface area (Å²) in [7, 11) is 6.00. The van der Waals surface area contributed by atoms with E-state index in [-0.39, 0.29) is 38.2 Å². The number of unbranched alkanes of at least 4 members (excludes halogenated alkanes) is 63. The van der Waals surface area contributed by atoms with Gasteiger partial charge in [0.25, 0.3) is 6.29 Å². The Bertz CT molecular complexity index is 1440. The highest BCUT2D eigenvalue weighted by atomic mass is 16.7. The summed E-state index contributed by atoms with van der Waals surface area (Å²) in [4.78, 5) is 37.7. The lowest BCUT2D eigenvalue weighted by Crippen LogP contribution is -2.40. The van der Waals surface area contributed by atoms with Gasteiger partial charge in [0.2, 0.25) is 0 Å². The van der Waals surface area contributed by atoms with Gasteiger partial charge in [-0.25, -0.2) is 4.79 Å². The van der Waals surface area contributed by atoms with Crippen LogP contribution in [0.15, 0.2) is 0 Å². The predicted octanol–water partition coefficient (Wildman–Crippen LogP) is 25.8. The fourth-order valence-electron chi connectivity index (χ4n) is 12.9. The Kier molecular flexibility index (Phi) is 71.7. The normalized spacial score (nSPS) is 12.5. The van der Waals surface area contributed by atoms with Crippen LogP contribution in [0, 0.1) is 0 Å². The fourth-order valence-corrected chi connectivity index (χ4v) is 12.9. The SMILES string of the molecule is CCCCCCCCCCCCCCCCCCCCCCCCCCCCCCCCCCCCCCC(=O)OC(COC(=O)CCCCCCCCCCCCCCCCCCCCCCCCCCCCCCC)COC(OCC[N+](C)(C)C)C(=O)O. The molecule has 9 heteroatoms. The third kappa shape index (κ3) is 73.7. The molecule has 90 heavy (non-hydrogen) atoms. The topological polar surface area (TPSA) is 108 Å². The van der Waals surface area contributed by atoms with Crippen LogP contribution in [0.25, 0.3) is 0 Å². The molecule has 0 aliphatic rings. The Morgan fingerprint density at radius 2 is 0.500 bits per heavy atom. The summed E-state index contributed by atoms with van der Waals surface area (Å²) < 4.78 is 23.1. The molecule has 2 atom stereocenters. The minimum Gasteiger partial charge on any atom is -0.477 e. The molecule has 0 aromatic heterocycles. The number of carboxylic acids is 1. The van der Waals surface area contributed by atoms with Gasteiger partial charge in [-0.2, -0.15) is 0 Å². The van der Waals surface area contributed by atoms with Gasteiger partial charge in [-0.15, -0.1) is 0 Å². The van der Waals surface area contributed by atoms with E-state index in [4.69, 9.17) is 18.9 Å². The van der Waals surface area contributed by atoms with Crippen LogP contribution in [0.2, 0.25) is 0 Å². The first kappa shape index (κ1) is 88.3. The van der Waals surface area contributed by atoms with Gasteiger partial charge in [-0.3, -0.25) is 9.59 Å². The van der Waals surface area contributed by atoms with E-state index in [0.717, 1.165) is 38.5 Å². The summed E-state index contributed by atoms with van der Waals surface area (Å²) in [5.41, 5.74) is 0. The summed E-state index contributed by atoms with van der Waals surface area (Å²) in [6, 6.07) is 0. The lowest BCUT2D eigenvalue weighted by molar-refractivity contribution is -0.870. The molecule has 0 aliphatic carbocycles. The van der Waals surface area contributed by atoms with Crippen LogP contribution in [0.1, 0.15) is 444 Å². The molecule has 0 saturated carbocycles. The molecule has 0 rings (SSSR count). The number of nitrogens with zero attached hydrogens (tertiary/aromatic N) is 1. The second kappa shape index (κ2) is 73.1. The highest BCUT2D eigenvalue weighted by Gasteiger charge is 2.25. The van der Waals surface area contributed by atoms with Crippen molar-refractivity contribution >= 4 is 17.9 Å². The molecule has 0 saturated heterocycles. The van der Waals surface area contributed by atoms with Crippen molar-refractivity contribution in [2.24, 2.45) is 0 Å². The number of hydrogen-bond donors (Lipinski definition) is 1. The van der Waals surface area contributed by atoms with Crippen LogP contribution in [-0.2, 0) is 33.3 Å². The zero-order valence-corrected chi connectivity index (χ0v) is 61.6. The number of hydrogen-bond acceptors (Lipinski definition) is 7. The average Bonchev–Trinajstić information content (AvgIpc) is 3.65. The Morgan fingerprint density at radius 3 is 0.711 bits per heavy atom. The quantitative estimate of drug-likeness (QED) is 0.0278. The highest BCUT2D eigenvalue weighted by Crippen LogP contribution is 2.21. The summed E-state index contributed by atoms with van der Waals surface area (Å²) in [5.74, 6) is -1.96. The van der Waals surface area contributed by atoms with Crippen LogP contribution in [0.5, 0.6) is 0 Å². The van der Waals surface area contributed by atoms with E-state index in [9.17, 15) is 19.5 Å². The number of rotatable bonds is 78. The number of aliphatic carboxylic acids is 1. The van der Waals surface area contributed by atoms with Crippen molar-refractivity contribution in [3.05, 3.63) is 0 Å². The zero-order chi connectivity index (χ0) is 65.4. The Labute approximate surface area is 562 Å². The molecule has 0 aliphatic heterocycles. The summed E-state index contributed by atoms with van der Waals surface area (Å²) in [5, 5.41) is 9.77. The van der Waals surface area contributed by atoms with Crippen molar-refractivity contribution in [1.82, 2.24) is 0 Å². The van der Waals surface area contributed by atoms with Crippen molar-refractivity contribution < 1.29 is 42.9 Å². The number of esters is 2. The number of carboxylic acid groups (broad SMARTS) is 1. The number of ether oxygens (including phenoxy) is 4. The second-order valence-corrected chi connectivity index (χ2v) is 29.5. The van der Waals surface area contributed by atoms with Gasteiger partial charge in [0.15, 0.2) is 6.10 Å². The molecular weight excluding hydrogens is 1110 g/mol. The minimum absolute atomic E-state index is 0.172. The smallest absolute Gasteiger partial charge is 0.361 e. The third-order valence-corrected chi connectivity index (χ3v) is 19.1. The lowest BCUT2D eigenvalue weighted by Gasteiger charge is -2.25. The molecule has 0 bridgehead atoms. The lowest BCUT2D eigenvalue weighted by atomic mass is 10.0. The van der Waals surface area contributed by atoms with Gasteiger partial charge < -0.3 is 28.5 Å². The maximum Gasteiger partial charge on any atom is 0.361 e. The number of quaternary nitrogens is 1. The van der Waals surface area contributed by atoms with Crippen molar-refractivity contribution in [1.29, 1.82) is 0 Å². The van der Waals surface area contributed by atoms with Crippen LogP contribution in [0.3, 0.4) is 0 Å². The van der Waals surface area contributed by atoms with Crippen LogP contribution >= 0.6 is 0 Å². The molecule has 1 N–H and O–H groups in total. The molecule has 0 aromatic carbocycles. The van der Waals surface area contributed by atoms with Gasteiger partial charge >= 0.3 is 17.9 Å². The maximum absolute atomic E-state index is 13.0. The first-order valence-electron chi connectivity index (χ1n) is 40.7. The van der Waals surface area contributed by atoms with Crippen LogP contribution < -0.4 is 0 Å². The van der Waals surface area contributed by atoms with E-state index in [1.165, 1.54) is 379 Å². The van der Waals surface area contributed by atoms with E-state index >= 15 is 0 Å². The van der Waals surface area contributed by atoms with Gasteiger partial charge in [-0.1, -0.05) is 418 Å². The van der Waals surface area contributed by atoms with Gasteiger partial charge in [0.05, 0.1) is 34.4 Å². The third-order valence-electron chi connectivity index (χ3n) is 19.1. The Balaban J connectivity index is 3.93. The Hall–Kier alpha value is -1.71. The molecule has 0 heterocycles. The molecule has 0 radical (unpaired) electrons. The molecule has 0 aromatic rings. The summed E-state index contributed by atoms with van der Waals surface area (Å²) in [6.07, 6.45) is 87.1. The molecule has 0 spiro atoms. The molecule has 2 unspecified atom stereocenters. The van der Waals surface area contributed by atoms with E-state index in [1.54, 1.807) is 0 Å². The monoisotopic (exact) mass is 1280 g/mol. The van der Waals surface area contributed by atoms with Crippen molar-refractivity contribution in [3.8, 4) is 0 Å². The van der Waals surface area contributed by atoms with Crippen molar-refractivity contribution in [2.75, 3.05) is 47.5 Å². The van der Waals surface area contributed by atoms with Gasteiger partial charge in [-0.05, 0) is 12.8 Å². The summed E-state index contributed by atoms with van der Waals surface area (Å²) in [6.45, 7) is 4.99. The van der Waals surface area contributed by atoms with Crippen molar-refractivity contribution in [2.45, 2.75) is 456 Å². The standard InChI is InChI=1S/C81H159NO8/c1-6-8-10-12-14-16-18-20-22-24-26-28-30-32-34-36-37-38-39-40-41-42-44-46-48-50-52-54-56-58-60-62-64-66-68-70-72-79(84)90-77(76-89-81(80(85)86)87-74-73-82(3,4)5)75-88-78(83)71-69-67-65-63-61-59-57-55-53-51-49-47-45-43-35-33-31-29-27-25-23-21-19-17-15-13-11-9-7-2/h77,81H,6-76H2,1-5H3/p+1. The zero-order valence-electron chi connectivity index (χ0n) is 61.6. The average molecular weight is 1280 g/mol. The predicted molar refractivity (Wildman–Crippen MR) is 388 cm³/mol. The second-order valence-electron chi connectivity index (χ2n) is 29.5. The molecule has 0 amide bonds. The number of likely N-dealkylation sites (N-methyl/N-ethyl adjacent to an activating group) is 1. The molecule has 536 valence electrons. The van der Waals surface area contributed by atoms with E-state index in [2.05, 4.69) is 13.8 Å². The largest absolute Gasteiger partial charge is 0.477 e. The molecule has 0 fully saturated rings. The highest BCUT2D eigenvalue weighted by molar-refractivity contribution is 5.71. The van der Waals surface area contributed by atoms with Gasteiger partial charge in [0.1, 0.15) is 13.2 Å². The van der Waals surface area contributed by atoms with Crippen molar-refractivity contribution in [3.63, 3.8) is 0 Å².